The van der Waals surface area contributed by atoms with Gasteiger partial charge in [-0.25, -0.2) is 0 Å². The average molecular weight is 250 g/mol. The maximum Gasteiger partial charge on any atom is 0.244 e. The van der Waals surface area contributed by atoms with Gasteiger partial charge in [-0.3, -0.25) is 4.79 Å². The molecule has 1 atom stereocenters. The van der Waals surface area contributed by atoms with Crippen molar-refractivity contribution in [1.82, 2.24) is 0 Å². The third-order valence-corrected chi connectivity index (χ3v) is 2.98. The fraction of sp³-hybridized carbons (Fsp3) is 0.500. The SMILES string of the molecule is CCCC(C)(N)C(=O)Nc1cc(C)cc(C)c1O. The molecule has 1 aromatic carbocycles. The number of amides is 1. The van der Waals surface area contributed by atoms with E-state index in [1.807, 2.05) is 19.9 Å². The zero-order valence-electron chi connectivity index (χ0n) is 11.5. The van der Waals surface area contributed by atoms with Crippen LogP contribution in [0, 0.1) is 13.8 Å². The van der Waals surface area contributed by atoms with Crippen molar-refractivity contribution in [3.8, 4) is 5.75 Å². The second-order valence-corrected chi connectivity index (χ2v) is 5.10. The van der Waals surface area contributed by atoms with E-state index in [9.17, 15) is 9.90 Å². The highest BCUT2D eigenvalue weighted by molar-refractivity contribution is 5.98. The molecule has 4 heteroatoms. The highest BCUT2D eigenvalue weighted by atomic mass is 16.3. The van der Waals surface area contributed by atoms with E-state index < -0.39 is 5.54 Å². The molecule has 1 aromatic rings. The van der Waals surface area contributed by atoms with Crippen LogP contribution in [-0.4, -0.2) is 16.6 Å². The van der Waals surface area contributed by atoms with E-state index in [2.05, 4.69) is 5.32 Å². The molecule has 4 nitrogen and oxygen atoms in total. The summed E-state index contributed by atoms with van der Waals surface area (Å²) in [6.07, 6.45) is 1.43. The van der Waals surface area contributed by atoms with Crippen LogP contribution in [0.15, 0.2) is 12.1 Å². The van der Waals surface area contributed by atoms with Crippen molar-refractivity contribution >= 4 is 11.6 Å². The van der Waals surface area contributed by atoms with E-state index in [0.717, 1.165) is 17.5 Å². The lowest BCUT2D eigenvalue weighted by Crippen LogP contribution is -2.48. The fourth-order valence-corrected chi connectivity index (χ4v) is 1.95. The predicted molar refractivity (Wildman–Crippen MR) is 73.7 cm³/mol. The van der Waals surface area contributed by atoms with Gasteiger partial charge >= 0.3 is 0 Å². The molecule has 1 amide bonds. The number of nitrogens with one attached hydrogen (secondary N) is 1. The van der Waals surface area contributed by atoms with Crippen molar-refractivity contribution in [2.45, 2.75) is 46.1 Å². The Morgan fingerprint density at radius 2 is 2.06 bits per heavy atom. The van der Waals surface area contributed by atoms with Gasteiger partial charge in [0.25, 0.3) is 0 Å². The van der Waals surface area contributed by atoms with Crippen LogP contribution in [0.2, 0.25) is 0 Å². The summed E-state index contributed by atoms with van der Waals surface area (Å²) in [5, 5.41) is 12.6. The summed E-state index contributed by atoms with van der Waals surface area (Å²) in [5.74, 6) is -0.175. The van der Waals surface area contributed by atoms with E-state index in [1.165, 1.54) is 0 Å². The highest BCUT2D eigenvalue weighted by Gasteiger charge is 2.27. The van der Waals surface area contributed by atoms with E-state index in [0.29, 0.717) is 12.1 Å². The summed E-state index contributed by atoms with van der Waals surface area (Å²) in [7, 11) is 0. The van der Waals surface area contributed by atoms with E-state index in [-0.39, 0.29) is 11.7 Å². The van der Waals surface area contributed by atoms with Crippen LogP contribution in [0.1, 0.15) is 37.8 Å². The van der Waals surface area contributed by atoms with Gasteiger partial charge in [0, 0.05) is 0 Å². The number of anilines is 1. The Hall–Kier alpha value is -1.55. The number of nitrogens with two attached hydrogens (primary N) is 1. The van der Waals surface area contributed by atoms with Gasteiger partial charge in [-0.15, -0.1) is 0 Å². The summed E-state index contributed by atoms with van der Waals surface area (Å²) in [5.41, 5.74) is 7.17. The molecular weight excluding hydrogens is 228 g/mol. The molecule has 4 N–H and O–H groups in total. The van der Waals surface area contributed by atoms with Gasteiger partial charge < -0.3 is 16.2 Å². The summed E-state index contributed by atoms with van der Waals surface area (Å²) in [6, 6.07) is 3.60. The first-order valence-corrected chi connectivity index (χ1v) is 6.18. The molecule has 0 saturated heterocycles. The minimum absolute atomic E-state index is 0.0984. The number of aromatic hydroxyl groups is 1. The maximum atomic E-state index is 12.1. The smallest absolute Gasteiger partial charge is 0.244 e. The Labute approximate surface area is 108 Å². The van der Waals surface area contributed by atoms with Crippen molar-refractivity contribution in [3.05, 3.63) is 23.3 Å². The van der Waals surface area contributed by atoms with Crippen molar-refractivity contribution in [2.24, 2.45) is 5.73 Å². The summed E-state index contributed by atoms with van der Waals surface area (Å²) in [6.45, 7) is 7.39. The van der Waals surface area contributed by atoms with Crippen LogP contribution in [0.4, 0.5) is 5.69 Å². The van der Waals surface area contributed by atoms with Crippen LogP contribution in [0.5, 0.6) is 5.75 Å². The highest BCUT2D eigenvalue weighted by Crippen LogP contribution is 2.29. The Morgan fingerprint density at radius 3 is 2.61 bits per heavy atom. The zero-order chi connectivity index (χ0) is 13.9. The van der Waals surface area contributed by atoms with E-state index in [4.69, 9.17) is 5.73 Å². The minimum Gasteiger partial charge on any atom is -0.505 e. The lowest BCUT2D eigenvalue weighted by molar-refractivity contribution is -0.120. The lowest BCUT2D eigenvalue weighted by Gasteiger charge is -2.23. The van der Waals surface area contributed by atoms with Crippen molar-refractivity contribution in [1.29, 1.82) is 0 Å². The first kappa shape index (κ1) is 14.5. The number of hydrogen-bond acceptors (Lipinski definition) is 3. The zero-order valence-corrected chi connectivity index (χ0v) is 11.5. The maximum absolute atomic E-state index is 12.1. The molecule has 0 aliphatic rings. The molecule has 0 heterocycles. The van der Waals surface area contributed by atoms with Gasteiger partial charge in [-0.05, 0) is 44.4 Å². The summed E-state index contributed by atoms with van der Waals surface area (Å²) < 4.78 is 0. The van der Waals surface area contributed by atoms with Gasteiger partial charge in [-0.1, -0.05) is 19.4 Å². The summed E-state index contributed by atoms with van der Waals surface area (Å²) in [4.78, 5) is 12.1. The molecule has 100 valence electrons. The normalized spacial score (nSPS) is 14.1. The number of hydrogen-bond donors (Lipinski definition) is 3. The van der Waals surface area contributed by atoms with Crippen LogP contribution in [0.25, 0.3) is 0 Å². The number of phenolic OH excluding ortho intramolecular Hbond substituents is 1. The molecule has 0 fully saturated rings. The molecule has 0 spiro atoms. The van der Waals surface area contributed by atoms with Gasteiger partial charge in [0.1, 0.15) is 5.75 Å². The van der Waals surface area contributed by atoms with E-state index >= 15 is 0 Å². The number of phenols is 1. The number of carbonyl (C=O) groups excluding carboxylic acids is 1. The van der Waals surface area contributed by atoms with Gasteiger partial charge in [-0.2, -0.15) is 0 Å². The number of aryl methyl sites for hydroxylation is 2. The molecule has 0 aromatic heterocycles. The third-order valence-electron chi connectivity index (χ3n) is 2.98. The Balaban J connectivity index is 2.95. The molecule has 1 unspecified atom stereocenters. The topological polar surface area (TPSA) is 75.4 Å². The molecular formula is C14H22N2O2. The Morgan fingerprint density at radius 1 is 1.44 bits per heavy atom. The first-order valence-electron chi connectivity index (χ1n) is 6.18. The van der Waals surface area contributed by atoms with Crippen molar-refractivity contribution in [3.63, 3.8) is 0 Å². The van der Waals surface area contributed by atoms with Crippen molar-refractivity contribution in [2.75, 3.05) is 5.32 Å². The monoisotopic (exact) mass is 250 g/mol. The Kier molecular flexibility index (Phi) is 4.35. The van der Waals surface area contributed by atoms with Crippen LogP contribution in [-0.2, 0) is 4.79 Å². The molecule has 1 rings (SSSR count). The quantitative estimate of drug-likeness (QED) is 0.718. The van der Waals surface area contributed by atoms with E-state index in [1.54, 1.807) is 19.9 Å². The number of rotatable bonds is 4. The second-order valence-electron chi connectivity index (χ2n) is 5.10. The van der Waals surface area contributed by atoms with Gasteiger partial charge in [0.05, 0.1) is 11.2 Å². The molecule has 0 radical (unpaired) electrons. The summed E-state index contributed by atoms with van der Waals surface area (Å²) >= 11 is 0. The van der Waals surface area contributed by atoms with Crippen LogP contribution in [0.3, 0.4) is 0 Å². The Bertz CT molecular complexity index is 453. The number of carbonyl (C=O) groups is 1. The largest absolute Gasteiger partial charge is 0.505 e. The average Bonchev–Trinajstić information content (AvgIpc) is 2.25. The van der Waals surface area contributed by atoms with Gasteiger partial charge in [0.15, 0.2) is 0 Å². The third kappa shape index (κ3) is 3.23. The van der Waals surface area contributed by atoms with Crippen LogP contribution < -0.4 is 11.1 Å². The molecule has 0 aliphatic carbocycles. The molecule has 0 saturated carbocycles. The van der Waals surface area contributed by atoms with Gasteiger partial charge in [0.2, 0.25) is 5.91 Å². The molecule has 18 heavy (non-hydrogen) atoms. The standard InChI is InChI=1S/C14H22N2O2/c1-5-6-14(4,15)13(18)16-11-8-9(2)7-10(3)12(11)17/h7-8,17H,5-6,15H2,1-4H3,(H,16,18). The fourth-order valence-electron chi connectivity index (χ4n) is 1.95. The predicted octanol–water partition coefficient (Wildman–Crippen LogP) is 2.47. The van der Waals surface area contributed by atoms with Crippen molar-refractivity contribution < 1.29 is 9.90 Å². The van der Waals surface area contributed by atoms with Crippen LogP contribution >= 0.6 is 0 Å². The lowest BCUT2D eigenvalue weighted by atomic mass is 9.96. The first-order chi connectivity index (χ1) is 8.27. The molecule has 0 bridgehead atoms. The minimum atomic E-state index is -0.918. The number of benzene rings is 1. The second kappa shape index (κ2) is 5.40. The molecule has 0 aliphatic heterocycles.